The summed E-state index contributed by atoms with van der Waals surface area (Å²) >= 11 is 0. The lowest BCUT2D eigenvalue weighted by Gasteiger charge is -2.09. The first-order valence-electron chi connectivity index (χ1n) is 12.2. The molecule has 0 saturated carbocycles. The summed E-state index contributed by atoms with van der Waals surface area (Å²) in [7, 11) is 1.87. The average Bonchev–Trinajstić information content (AvgIpc) is 3.64. The smallest absolute Gasteiger partial charge is 0.290 e. The van der Waals surface area contributed by atoms with Gasteiger partial charge in [0, 0.05) is 36.3 Å². The number of aromatic amines is 1. The highest BCUT2D eigenvalue weighted by Gasteiger charge is 2.18. The fourth-order valence-corrected chi connectivity index (χ4v) is 4.48. The Balaban J connectivity index is 1.51. The first-order valence-corrected chi connectivity index (χ1v) is 12.2. The van der Waals surface area contributed by atoms with E-state index in [4.69, 9.17) is 0 Å². The van der Waals surface area contributed by atoms with E-state index >= 15 is 0 Å². The topological polar surface area (TPSA) is 112 Å². The first kappa shape index (κ1) is 23.4. The van der Waals surface area contributed by atoms with Crippen molar-refractivity contribution in [3.63, 3.8) is 0 Å². The molecule has 0 amide bonds. The number of aromatic nitrogens is 9. The van der Waals surface area contributed by atoms with E-state index in [1.165, 1.54) is 0 Å². The molecule has 0 aliphatic carbocycles. The zero-order valence-corrected chi connectivity index (χ0v) is 20.7. The second-order valence-corrected chi connectivity index (χ2v) is 8.80. The predicted molar refractivity (Wildman–Crippen MR) is 137 cm³/mol. The van der Waals surface area contributed by atoms with Gasteiger partial charge in [0.15, 0.2) is 5.82 Å². The van der Waals surface area contributed by atoms with Crippen molar-refractivity contribution in [3.8, 4) is 28.3 Å². The van der Waals surface area contributed by atoms with Crippen LogP contribution < -0.4 is 5.69 Å². The summed E-state index contributed by atoms with van der Waals surface area (Å²) in [5.74, 6) is 1.43. The summed E-state index contributed by atoms with van der Waals surface area (Å²) in [6, 6.07) is 12.0. The molecule has 10 heteroatoms. The van der Waals surface area contributed by atoms with Crippen LogP contribution in [0, 0.1) is 0 Å². The molecule has 36 heavy (non-hydrogen) atoms. The van der Waals surface area contributed by atoms with Crippen molar-refractivity contribution in [2.24, 2.45) is 7.05 Å². The fourth-order valence-electron chi connectivity index (χ4n) is 4.48. The first-order chi connectivity index (χ1) is 17.6. The van der Waals surface area contributed by atoms with Gasteiger partial charge in [-0.15, -0.1) is 5.10 Å². The van der Waals surface area contributed by atoms with Crippen LogP contribution in [0.15, 0.2) is 59.8 Å². The molecule has 0 aliphatic rings. The van der Waals surface area contributed by atoms with Crippen LogP contribution in [0.1, 0.15) is 43.6 Å². The molecular formula is C26H29N9O. The summed E-state index contributed by atoms with van der Waals surface area (Å²) in [5.41, 5.74) is 5.71. The second kappa shape index (κ2) is 10.1. The minimum atomic E-state index is -0.0774. The van der Waals surface area contributed by atoms with Crippen molar-refractivity contribution >= 4 is 0 Å². The molecule has 5 rings (SSSR count). The van der Waals surface area contributed by atoms with Crippen molar-refractivity contribution in [2.75, 3.05) is 0 Å². The van der Waals surface area contributed by atoms with Gasteiger partial charge in [0.2, 0.25) is 0 Å². The minimum Gasteiger partial charge on any atom is -0.290 e. The van der Waals surface area contributed by atoms with Crippen molar-refractivity contribution in [3.05, 3.63) is 82.4 Å². The summed E-state index contributed by atoms with van der Waals surface area (Å²) in [5, 5.41) is 18.5. The Hall–Kier alpha value is -4.34. The summed E-state index contributed by atoms with van der Waals surface area (Å²) in [6.45, 7) is 4.62. The van der Waals surface area contributed by atoms with Crippen molar-refractivity contribution in [2.45, 2.75) is 46.1 Å². The minimum absolute atomic E-state index is 0.0774. The molecule has 0 bridgehead atoms. The van der Waals surface area contributed by atoms with Gasteiger partial charge in [-0.3, -0.25) is 18.8 Å². The van der Waals surface area contributed by atoms with Crippen LogP contribution in [0.4, 0.5) is 0 Å². The standard InChI is InChI=1S/C26H29N9O/c1-4-6-10-23-17-35(25-18(5-2)15-28-33(25)3)26(36)34(23)16-22-14-20(11-12-27-22)19-8-7-9-21(13-19)24-29-31-32-30-24/h7-9,11-15,17H,4-6,10,16H2,1-3H3,(H,29,30,31,32). The second-order valence-electron chi connectivity index (χ2n) is 8.80. The molecule has 5 aromatic rings. The molecule has 0 aliphatic heterocycles. The monoisotopic (exact) mass is 483 g/mol. The van der Waals surface area contributed by atoms with Gasteiger partial charge in [0.1, 0.15) is 5.82 Å². The van der Waals surface area contributed by atoms with Crippen LogP contribution in [0.25, 0.3) is 28.3 Å². The molecule has 1 aromatic carbocycles. The molecular weight excluding hydrogens is 454 g/mol. The maximum atomic E-state index is 13.6. The Labute approximate surface area is 208 Å². The SMILES string of the molecule is CCCCc1cn(-c2c(CC)cnn2C)c(=O)n1Cc1cc(-c2cccc(-c3nnn[nH]3)c2)ccn1. The van der Waals surface area contributed by atoms with E-state index in [0.717, 1.165) is 65.1 Å². The number of tetrazole rings is 1. The van der Waals surface area contributed by atoms with Crippen molar-refractivity contribution < 1.29 is 0 Å². The number of aryl methyl sites for hydroxylation is 3. The third kappa shape index (κ3) is 4.49. The highest BCUT2D eigenvalue weighted by molar-refractivity contribution is 5.70. The predicted octanol–water partition coefficient (Wildman–Crippen LogP) is 3.57. The maximum absolute atomic E-state index is 13.6. The lowest BCUT2D eigenvalue weighted by molar-refractivity contribution is 0.655. The lowest BCUT2D eigenvalue weighted by atomic mass is 10.0. The molecule has 0 atom stereocenters. The van der Waals surface area contributed by atoms with Crippen LogP contribution in [0.2, 0.25) is 0 Å². The third-order valence-corrected chi connectivity index (χ3v) is 6.39. The van der Waals surface area contributed by atoms with E-state index in [2.05, 4.69) is 44.6 Å². The Bertz CT molecular complexity index is 1530. The number of hydrogen-bond acceptors (Lipinski definition) is 6. The van der Waals surface area contributed by atoms with Crippen LogP contribution in [-0.4, -0.2) is 44.5 Å². The molecule has 4 heterocycles. The lowest BCUT2D eigenvalue weighted by Crippen LogP contribution is -2.26. The Morgan fingerprint density at radius 3 is 2.67 bits per heavy atom. The van der Waals surface area contributed by atoms with Crippen molar-refractivity contribution in [1.29, 1.82) is 0 Å². The van der Waals surface area contributed by atoms with Gasteiger partial charge in [-0.2, -0.15) is 5.10 Å². The molecule has 10 nitrogen and oxygen atoms in total. The number of pyridine rings is 1. The van der Waals surface area contributed by atoms with Gasteiger partial charge in [0.25, 0.3) is 0 Å². The molecule has 0 saturated heterocycles. The zero-order valence-electron chi connectivity index (χ0n) is 20.7. The van der Waals surface area contributed by atoms with Crippen LogP contribution >= 0.6 is 0 Å². The van der Waals surface area contributed by atoms with E-state index in [1.54, 1.807) is 15.4 Å². The number of nitrogens with zero attached hydrogens (tertiary/aromatic N) is 8. The number of H-pyrrole nitrogens is 1. The van der Waals surface area contributed by atoms with Gasteiger partial charge in [-0.1, -0.05) is 38.5 Å². The number of hydrogen-bond donors (Lipinski definition) is 1. The Kier molecular flexibility index (Phi) is 6.57. The average molecular weight is 484 g/mol. The van der Waals surface area contributed by atoms with Gasteiger partial charge in [-0.25, -0.2) is 9.89 Å². The van der Waals surface area contributed by atoms with Gasteiger partial charge >= 0.3 is 5.69 Å². The van der Waals surface area contributed by atoms with Gasteiger partial charge in [0.05, 0.1) is 18.4 Å². The fraction of sp³-hybridized carbons (Fsp3) is 0.308. The van der Waals surface area contributed by atoms with Crippen molar-refractivity contribution in [1.82, 2.24) is 44.5 Å². The largest absolute Gasteiger partial charge is 0.334 e. The highest BCUT2D eigenvalue weighted by atomic mass is 16.1. The van der Waals surface area contributed by atoms with E-state index in [1.807, 2.05) is 60.4 Å². The number of imidazole rings is 1. The summed E-state index contributed by atoms with van der Waals surface area (Å²) in [4.78, 5) is 18.2. The quantitative estimate of drug-likeness (QED) is 0.343. The number of rotatable bonds is 9. The summed E-state index contributed by atoms with van der Waals surface area (Å²) < 4.78 is 5.34. The van der Waals surface area contributed by atoms with Gasteiger partial charge in [-0.05, 0) is 59.0 Å². The van der Waals surface area contributed by atoms with Gasteiger partial charge < -0.3 is 0 Å². The normalized spacial score (nSPS) is 11.3. The Morgan fingerprint density at radius 1 is 1.06 bits per heavy atom. The number of benzene rings is 1. The molecule has 184 valence electrons. The molecule has 1 N–H and O–H groups in total. The van der Waals surface area contributed by atoms with Crippen LogP contribution in [-0.2, 0) is 26.4 Å². The molecule has 0 unspecified atom stereocenters. The number of nitrogens with one attached hydrogen (secondary N) is 1. The zero-order chi connectivity index (χ0) is 25.1. The van der Waals surface area contributed by atoms with E-state index in [-0.39, 0.29) is 5.69 Å². The Morgan fingerprint density at radius 2 is 1.89 bits per heavy atom. The van der Waals surface area contributed by atoms with E-state index < -0.39 is 0 Å². The summed E-state index contributed by atoms with van der Waals surface area (Å²) in [6.07, 6.45) is 9.27. The van der Waals surface area contributed by atoms with E-state index in [0.29, 0.717) is 12.4 Å². The van der Waals surface area contributed by atoms with Crippen LogP contribution in [0.3, 0.4) is 0 Å². The highest BCUT2D eigenvalue weighted by Crippen LogP contribution is 2.25. The van der Waals surface area contributed by atoms with Crippen LogP contribution in [0.5, 0.6) is 0 Å². The maximum Gasteiger partial charge on any atom is 0.334 e. The molecule has 4 aromatic heterocycles. The molecule has 0 spiro atoms. The number of unbranched alkanes of at least 4 members (excludes halogenated alkanes) is 1. The molecule has 0 radical (unpaired) electrons. The van der Waals surface area contributed by atoms with E-state index in [9.17, 15) is 4.79 Å². The molecule has 0 fully saturated rings. The third-order valence-electron chi connectivity index (χ3n) is 6.39.